The molecule has 0 spiro atoms. The van der Waals surface area contributed by atoms with Gasteiger partial charge in [0.2, 0.25) is 11.8 Å². The van der Waals surface area contributed by atoms with Gasteiger partial charge in [0, 0.05) is 39.4 Å². The summed E-state index contributed by atoms with van der Waals surface area (Å²) in [4.78, 5) is 38.2. The highest BCUT2D eigenvalue weighted by Crippen LogP contribution is 2.65. The minimum Gasteiger partial charge on any atom is -0.326 e. The molecule has 3 N–H and O–H groups in total. The number of hydrogen-bond donors (Lipinski definition) is 3. The highest BCUT2D eigenvalue weighted by atomic mass is 35.5. The Hall–Kier alpha value is -2.48. The highest BCUT2D eigenvalue weighted by molar-refractivity contribution is 6.53. The van der Waals surface area contributed by atoms with Crippen LogP contribution < -0.4 is 16.0 Å². The summed E-state index contributed by atoms with van der Waals surface area (Å²) in [7, 11) is 0. The zero-order valence-corrected chi connectivity index (χ0v) is 25.5. The first kappa shape index (κ1) is 30.5. The second-order valence-electron chi connectivity index (χ2n) is 10.8. The first-order chi connectivity index (χ1) is 18.6. The van der Waals surface area contributed by atoms with Crippen LogP contribution in [0.25, 0.3) is 0 Å². The van der Waals surface area contributed by atoms with Gasteiger partial charge in [-0.1, -0.05) is 55.6 Å². The minimum atomic E-state index is -1.34. The zero-order valence-electron chi connectivity index (χ0n) is 21.7. The summed E-state index contributed by atoms with van der Waals surface area (Å²) in [5, 5.41) is 9.39. The lowest BCUT2D eigenvalue weighted by atomic mass is 9.92. The molecule has 0 aromatic heterocycles. The monoisotopic (exact) mass is 639 g/mol. The van der Waals surface area contributed by atoms with Crippen LogP contribution in [0.4, 0.5) is 17.1 Å². The maximum absolute atomic E-state index is 13.1. The Balaban J connectivity index is 1.41. The van der Waals surface area contributed by atoms with Gasteiger partial charge in [-0.05, 0) is 71.6 Å². The van der Waals surface area contributed by atoms with Gasteiger partial charge in [0.25, 0.3) is 5.91 Å². The normalized spacial score (nSPS) is 17.6. The summed E-state index contributed by atoms with van der Waals surface area (Å²) in [6.45, 7) is 5.96. The average molecular weight is 642 g/mol. The van der Waals surface area contributed by atoms with Crippen molar-refractivity contribution in [3.05, 3.63) is 86.9 Å². The molecule has 1 aliphatic rings. The Morgan fingerprint density at radius 1 is 0.775 bits per heavy atom. The van der Waals surface area contributed by atoms with Crippen molar-refractivity contribution in [3.63, 3.8) is 0 Å². The first-order valence-corrected chi connectivity index (χ1v) is 14.2. The maximum Gasteiger partial charge on any atom is 0.257 e. The fraction of sp³-hybridized carbons (Fsp3) is 0.276. The number of rotatable bonds is 7. The molecule has 3 aromatic rings. The van der Waals surface area contributed by atoms with E-state index >= 15 is 0 Å². The topological polar surface area (TPSA) is 87.3 Å². The van der Waals surface area contributed by atoms with Crippen molar-refractivity contribution in [2.75, 3.05) is 16.0 Å². The molecular weight excluding hydrogens is 616 g/mol. The maximum atomic E-state index is 13.1. The Kier molecular flexibility index (Phi) is 8.98. The summed E-state index contributed by atoms with van der Waals surface area (Å²) >= 11 is 31.4. The van der Waals surface area contributed by atoms with E-state index in [1.165, 1.54) is 12.1 Å². The predicted octanol–water partition coefficient (Wildman–Crippen LogP) is 8.80. The van der Waals surface area contributed by atoms with Gasteiger partial charge in [-0.2, -0.15) is 0 Å². The largest absolute Gasteiger partial charge is 0.326 e. The van der Waals surface area contributed by atoms with Crippen molar-refractivity contribution in [2.24, 2.45) is 11.3 Å². The summed E-state index contributed by atoms with van der Waals surface area (Å²) in [5.74, 6) is -2.27. The van der Waals surface area contributed by atoms with Crippen LogP contribution >= 0.6 is 58.0 Å². The summed E-state index contributed by atoms with van der Waals surface area (Å²) in [5.41, 5.74) is 2.13. The first-order valence-electron chi connectivity index (χ1n) is 12.3. The Morgan fingerprint density at radius 2 is 1.32 bits per heavy atom. The van der Waals surface area contributed by atoms with Gasteiger partial charge in [-0.25, -0.2) is 0 Å². The number of carbonyl (C=O) groups is 3. The van der Waals surface area contributed by atoms with E-state index in [2.05, 4.69) is 16.0 Å². The lowest BCUT2D eigenvalue weighted by Gasteiger charge is -2.17. The molecule has 1 fully saturated rings. The van der Waals surface area contributed by atoms with Gasteiger partial charge in [-0.15, -0.1) is 23.2 Å². The van der Waals surface area contributed by atoms with E-state index in [9.17, 15) is 14.4 Å². The number of anilines is 3. The lowest BCUT2D eigenvalue weighted by Crippen LogP contribution is -2.19. The average Bonchev–Trinajstić information content (AvgIpc) is 3.41. The minimum absolute atomic E-state index is 0.0932. The van der Waals surface area contributed by atoms with Crippen LogP contribution in [0.15, 0.2) is 60.7 Å². The Morgan fingerprint density at radius 3 is 1.90 bits per heavy atom. The molecule has 3 amide bonds. The number of carbonyl (C=O) groups excluding carboxylic acids is 3. The molecule has 0 aliphatic heterocycles. The number of hydrogen-bond acceptors (Lipinski definition) is 3. The molecule has 40 heavy (non-hydrogen) atoms. The van der Waals surface area contributed by atoms with Gasteiger partial charge in [0.15, 0.2) is 0 Å². The SMILES string of the molecule is CC(C)(C)CC(=O)Nc1ccc(NC(=O)c2cc(NC(=O)C3C(c4cc(Cl)cc(Cl)c4)C3(Cl)Cl)ccc2Cl)cc1. The molecular formula is C29H26Cl5N3O3. The molecule has 1 saturated carbocycles. The van der Waals surface area contributed by atoms with Crippen molar-refractivity contribution < 1.29 is 14.4 Å². The van der Waals surface area contributed by atoms with Crippen LogP contribution in [0.3, 0.4) is 0 Å². The van der Waals surface area contributed by atoms with E-state index in [1.54, 1.807) is 48.5 Å². The van der Waals surface area contributed by atoms with Gasteiger partial charge < -0.3 is 16.0 Å². The van der Waals surface area contributed by atoms with Crippen molar-refractivity contribution in [1.29, 1.82) is 0 Å². The zero-order chi connectivity index (χ0) is 29.4. The van der Waals surface area contributed by atoms with E-state index in [4.69, 9.17) is 58.0 Å². The third-order valence-corrected chi connectivity index (χ3v) is 7.88. The third kappa shape index (κ3) is 7.42. The van der Waals surface area contributed by atoms with Crippen LogP contribution in [0.1, 0.15) is 49.0 Å². The summed E-state index contributed by atoms with van der Waals surface area (Å²) < 4.78 is -1.34. The van der Waals surface area contributed by atoms with Crippen LogP contribution in [0.2, 0.25) is 15.1 Å². The number of halogens is 5. The van der Waals surface area contributed by atoms with Gasteiger partial charge in [0.1, 0.15) is 4.33 Å². The molecule has 6 nitrogen and oxygen atoms in total. The molecule has 11 heteroatoms. The van der Waals surface area contributed by atoms with Crippen LogP contribution in [-0.2, 0) is 9.59 Å². The van der Waals surface area contributed by atoms with Crippen LogP contribution in [0, 0.1) is 11.3 Å². The van der Waals surface area contributed by atoms with E-state index < -0.39 is 28.0 Å². The highest BCUT2D eigenvalue weighted by Gasteiger charge is 2.67. The van der Waals surface area contributed by atoms with Crippen molar-refractivity contribution >= 4 is 92.8 Å². The molecule has 0 radical (unpaired) electrons. The van der Waals surface area contributed by atoms with E-state index in [1.807, 2.05) is 20.8 Å². The third-order valence-electron chi connectivity index (χ3n) is 6.18. The fourth-order valence-corrected chi connectivity index (χ4v) is 5.92. The van der Waals surface area contributed by atoms with Crippen LogP contribution in [-0.4, -0.2) is 22.1 Å². The molecule has 4 rings (SSSR count). The van der Waals surface area contributed by atoms with E-state index in [0.717, 1.165) is 0 Å². The molecule has 2 unspecified atom stereocenters. The molecule has 0 heterocycles. The lowest BCUT2D eigenvalue weighted by molar-refractivity contribution is -0.118. The van der Waals surface area contributed by atoms with Crippen molar-refractivity contribution in [2.45, 2.75) is 37.4 Å². The van der Waals surface area contributed by atoms with Gasteiger partial charge in [0.05, 0.1) is 16.5 Å². The Bertz CT molecular complexity index is 1450. The second kappa shape index (κ2) is 11.8. The number of alkyl halides is 2. The Labute approximate surface area is 257 Å². The van der Waals surface area contributed by atoms with Crippen molar-refractivity contribution in [1.82, 2.24) is 0 Å². The molecule has 210 valence electrons. The quantitative estimate of drug-likeness (QED) is 0.225. The second-order valence-corrected chi connectivity index (χ2v) is 13.6. The standard InChI is InChI=1S/C29H26Cl5N3O3/c1-28(2,3)14-23(38)35-18-4-6-19(7-5-18)36-26(39)21-13-20(8-9-22(21)32)37-27(40)25-24(29(25,33)34)15-10-16(30)12-17(31)11-15/h4-13,24-25H,14H2,1-3H3,(H,35,38)(H,36,39)(H,37,40). The predicted molar refractivity (Wildman–Crippen MR) is 164 cm³/mol. The van der Waals surface area contributed by atoms with E-state index in [0.29, 0.717) is 39.1 Å². The molecule has 2 atom stereocenters. The molecule has 3 aromatic carbocycles. The summed E-state index contributed by atoms with van der Waals surface area (Å²) in [6.07, 6.45) is 0.379. The van der Waals surface area contributed by atoms with Gasteiger partial charge in [-0.3, -0.25) is 14.4 Å². The smallest absolute Gasteiger partial charge is 0.257 e. The van der Waals surface area contributed by atoms with E-state index in [-0.39, 0.29) is 21.9 Å². The van der Waals surface area contributed by atoms with Crippen LogP contribution in [0.5, 0.6) is 0 Å². The summed E-state index contributed by atoms with van der Waals surface area (Å²) in [6, 6.07) is 16.2. The van der Waals surface area contributed by atoms with Gasteiger partial charge >= 0.3 is 0 Å². The molecule has 0 saturated heterocycles. The number of amides is 3. The molecule has 0 bridgehead atoms. The number of benzene rings is 3. The van der Waals surface area contributed by atoms with Crippen molar-refractivity contribution in [3.8, 4) is 0 Å². The fourth-order valence-electron chi connectivity index (χ4n) is 4.34. The number of nitrogens with one attached hydrogen (secondary N) is 3. The molecule has 1 aliphatic carbocycles.